The van der Waals surface area contributed by atoms with Crippen LogP contribution in [0.5, 0.6) is 0 Å². The molecule has 1 aromatic rings. The number of nitrogens with one attached hydrogen (secondary N) is 2. The van der Waals surface area contributed by atoms with Crippen LogP contribution in [0.4, 0.5) is 13.2 Å². The molecule has 2 rings (SSSR count). The van der Waals surface area contributed by atoms with Crippen molar-refractivity contribution in [1.82, 2.24) is 15.5 Å². The van der Waals surface area contributed by atoms with Gasteiger partial charge in [-0.2, -0.15) is 13.2 Å². The number of nitrogens with zero attached hydrogens (tertiary/aromatic N) is 2. The standard InChI is InChI=1S/C18H27F3N4.HI/c1-14(15-6-4-3-5-7-15)8-10-23-17(22-2)24-16-9-11-25(12-16)13-18(19,20)21;/h3-7,14,16H,8-13H2,1-2H3,(H2,22,23,24);1H. The summed E-state index contributed by atoms with van der Waals surface area (Å²) in [6.07, 6.45) is -2.49. The molecule has 0 bridgehead atoms. The minimum Gasteiger partial charge on any atom is -0.356 e. The van der Waals surface area contributed by atoms with Gasteiger partial charge in [0.2, 0.25) is 0 Å². The Morgan fingerprint density at radius 3 is 2.62 bits per heavy atom. The third kappa shape index (κ3) is 8.11. The highest BCUT2D eigenvalue weighted by molar-refractivity contribution is 14.0. The maximum atomic E-state index is 12.4. The second-order valence-corrected chi connectivity index (χ2v) is 6.58. The van der Waals surface area contributed by atoms with Crippen LogP contribution in [0, 0.1) is 0 Å². The van der Waals surface area contributed by atoms with Crippen molar-refractivity contribution in [1.29, 1.82) is 0 Å². The molecule has 1 fully saturated rings. The Labute approximate surface area is 170 Å². The number of hydrogen-bond acceptors (Lipinski definition) is 2. The average Bonchev–Trinajstić information content (AvgIpc) is 2.99. The van der Waals surface area contributed by atoms with Gasteiger partial charge < -0.3 is 10.6 Å². The summed E-state index contributed by atoms with van der Waals surface area (Å²) in [5, 5.41) is 6.48. The molecule has 8 heteroatoms. The van der Waals surface area contributed by atoms with Crippen LogP contribution in [0.1, 0.15) is 31.2 Å². The van der Waals surface area contributed by atoms with Crippen molar-refractivity contribution in [2.24, 2.45) is 4.99 Å². The van der Waals surface area contributed by atoms with E-state index in [1.54, 1.807) is 7.05 Å². The number of halogens is 4. The lowest BCUT2D eigenvalue weighted by Gasteiger charge is -2.20. The third-order valence-electron chi connectivity index (χ3n) is 4.48. The summed E-state index contributed by atoms with van der Waals surface area (Å²) in [6, 6.07) is 10.3. The van der Waals surface area contributed by atoms with E-state index in [0.29, 0.717) is 31.4 Å². The summed E-state index contributed by atoms with van der Waals surface area (Å²) in [4.78, 5) is 5.61. The molecule has 0 aliphatic carbocycles. The number of alkyl halides is 3. The molecule has 148 valence electrons. The normalized spacial score (nSPS) is 19.7. The van der Waals surface area contributed by atoms with Gasteiger partial charge in [0.15, 0.2) is 5.96 Å². The highest BCUT2D eigenvalue weighted by Gasteiger charge is 2.34. The highest BCUT2D eigenvalue weighted by Crippen LogP contribution is 2.20. The number of benzene rings is 1. The van der Waals surface area contributed by atoms with Gasteiger partial charge in [-0.05, 0) is 24.3 Å². The van der Waals surface area contributed by atoms with E-state index in [9.17, 15) is 13.2 Å². The number of aliphatic imine (C=N–C) groups is 1. The van der Waals surface area contributed by atoms with Crippen LogP contribution in [0.3, 0.4) is 0 Å². The first-order valence-electron chi connectivity index (χ1n) is 8.68. The molecule has 1 saturated heterocycles. The molecule has 2 atom stereocenters. The lowest BCUT2D eigenvalue weighted by Crippen LogP contribution is -2.45. The maximum absolute atomic E-state index is 12.4. The molecule has 0 saturated carbocycles. The highest BCUT2D eigenvalue weighted by atomic mass is 127. The van der Waals surface area contributed by atoms with Gasteiger partial charge in [0.1, 0.15) is 0 Å². The van der Waals surface area contributed by atoms with Gasteiger partial charge in [-0.15, -0.1) is 24.0 Å². The third-order valence-corrected chi connectivity index (χ3v) is 4.48. The Bertz CT molecular complexity index is 551. The summed E-state index contributed by atoms with van der Waals surface area (Å²) < 4.78 is 37.3. The number of likely N-dealkylation sites (tertiary alicyclic amines) is 1. The second-order valence-electron chi connectivity index (χ2n) is 6.58. The zero-order valence-corrected chi connectivity index (χ0v) is 17.6. The molecular weight excluding hydrogens is 456 g/mol. The van der Waals surface area contributed by atoms with Crippen molar-refractivity contribution in [2.75, 3.05) is 33.2 Å². The molecule has 1 aromatic carbocycles. The van der Waals surface area contributed by atoms with Gasteiger partial charge in [-0.25, -0.2) is 0 Å². The van der Waals surface area contributed by atoms with E-state index in [1.807, 2.05) is 18.2 Å². The van der Waals surface area contributed by atoms with Crippen LogP contribution in [-0.2, 0) is 0 Å². The quantitative estimate of drug-likeness (QED) is 0.369. The predicted molar refractivity (Wildman–Crippen MR) is 110 cm³/mol. The van der Waals surface area contributed by atoms with Crippen molar-refractivity contribution >= 4 is 29.9 Å². The first-order chi connectivity index (χ1) is 11.9. The fourth-order valence-corrected chi connectivity index (χ4v) is 3.09. The van der Waals surface area contributed by atoms with Crippen molar-refractivity contribution in [3.05, 3.63) is 35.9 Å². The molecule has 4 nitrogen and oxygen atoms in total. The predicted octanol–water partition coefficient (Wildman–Crippen LogP) is 3.60. The van der Waals surface area contributed by atoms with E-state index >= 15 is 0 Å². The maximum Gasteiger partial charge on any atom is 0.401 e. The van der Waals surface area contributed by atoms with E-state index in [2.05, 4.69) is 34.7 Å². The van der Waals surface area contributed by atoms with Gasteiger partial charge in [0.05, 0.1) is 6.54 Å². The fourth-order valence-electron chi connectivity index (χ4n) is 3.09. The lowest BCUT2D eigenvalue weighted by molar-refractivity contribution is -0.143. The van der Waals surface area contributed by atoms with Gasteiger partial charge in [0.25, 0.3) is 0 Å². The van der Waals surface area contributed by atoms with Crippen molar-refractivity contribution in [2.45, 2.75) is 37.9 Å². The molecule has 0 spiro atoms. The largest absolute Gasteiger partial charge is 0.401 e. The Balaban J connectivity index is 0.00000338. The fraction of sp³-hybridized carbons (Fsp3) is 0.611. The second kappa shape index (κ2) is 11.0. The summed E-state index contributed by atoms with van der Waals surface area (Å²) >= 11 is 0. The SMILES string of the molecule is CN=C(NCCC(C)c1ccccc1)NC1CCN(CC(F)(F)F)C1.I. The number of rotatable bonds is 6. The molecule has 1 aliphatic heterocycles. The molecule has 0 aromatic heterocycles. The molecule has 2 N–H and O–H groups in total. The molecule has 1 aliphatic rings. The van der Waals surface area contributed by atoms with Gasteiger partial charge in [0, 0.05) is 32.7 Å². The van der Waals surface area contributed by atoms with Crippen LogP contribution in [0.2, 0.25) is 0 Å². The summed E-state index contributed by atoms with van der Waals surface area (Å²) in [6.45, 7) is 2.94. The Kier molecular flexibility index (Phi) is 9.70. The number of guanidine groups is 1. The average molecular weight is 484 g/mol. The van der Waals surface area contributed by atoms with Crippen LogP contribution >= 0.6 is 24.0 Å². The topological polar surface area (TPSA) is 39.7 Å². The van der Waals surface area contributed by atoms with E-state index in [0.717, 1.165) is 13.0 Å². The van der Waals surface area contributed by atoms with Crippen LogP contribution in [0.15, 0.2) is 35.3 Å². The number of hydrogen-bond donors (Lipinski definition) is 2. The summed E-state index contributed by atoms with van der Waals surface area (Å²) in [5.74, 6) is 1.08. The lowest BCUT2D eigenvalue weighted by atomic mass is 9.98. The van der Waals surface area contributed by atoms with Crippen molar-refractivity contribution < 1.29 is 13.2 Å². The van der Waals surface area contributed by atoms with Crippen LogP contribution in [-0.4, -0.2) is 56.3 Å². The molecule has 2 unspecified atom stereocenters. The zero-order valence-electron chi connectivity index (χ0n) is 15.2. The first kappa shape index (κ1) is 23.0. The van der Waals surface area contributed by atoms with Gasteiger partial charge >= 0.3 is 6.18 Å². The molecular formula is C18H28F3IN4. The van der Waals surface area contributed by atoms with Gasteiger partial charge in [-0.3, -0.25) is 9.89 Å². The Hall–Kier alpha value is -1.03. The summed E-state index contributed by atoms with van der Waals surface area (Å²) in [5.41, 5.74) is 1.30. The van der Waals surface area contributed by atoms with Gasteiger partial charge in [-0.1, -0.05) is 37.3 Å². The minimum atomic E-state index is -4.14. The summed E-state index contributed by atoms with van der Waals surface area (Å²) in [7, 11) is 1.68. The first-order valence-corrected chi connectivity index (χ1v) is 8.68. The molecule has 1 heterocycles. The van der Waals surface area contributed by atoms with Crippen LogP contribution in [0.25, 0.3) is 0 Å². The van der Waals surface area contributed by atoms with E-state index < -0.39 is 12.7 Å². The smallest absolute Gasteiger partial charge is 0.356 e. The molecule has 0 radical (unpaired) electrons. The van der Waals surface area contributed by atoms with E-state index in [1.165, 1.54) is 10.5 Å². The van der Waals surface area contributed by atoms with Crippen molar-refractivity contribution in [3.63, 3.8) is 0 Å². The molecule has 0 amide bonds. The van der Waals surface area contributed by atoms with E-state index in [-0.39, 0.29) is 30.0 Å². The van der Waals surface area contributed by atoms with Crippen molar-refractivity contribution in [3.8, 4) is 0 Å². The Morgan fingerprint density at radius 2 is 2.00 bits per heavy atom. The monoisotopic (exact) mass is 484 g/mol. The molecule has 26 heavy (non-hydrogen) atoms. The zero-order chi connectivity index (χ0) is 18.3. The van der Waals surface area contributed by atoms with E-state index in [4.69, 9.17) is 0 Å². The Morgan fingerprint density at radius 1 is 1.31 bits per heavy atom. The van der Waals surface area contributed by atoms with Crippen LogP contribution < -0.4 is 10.6 Å². The minimum absolute atomic E-state index is 0.